The number of rotatable bonds is 8. The molecule has 0 aliphatic carbocycles. The lowest BCUT2D eigenvalue weighted by Crippen LogP contribution is -2.30. The number of nitrogens with two attached hydrogens (primary N) is 3. The van der Waals surface area contributed by atoms with Crippen molar-refractivity contribution in [3.63, 3.8) is 0 Å². The molecule has 0 saturated heterocycles. The van der Waals surface area contributed by atoms with Crippen LogP contribution in [0.1, 0.15) is 28.8 Å². The molecule has 7 heteroatoms. The molecule has 0 bridgehead atoms. The molecule has 7 nitrogen and oxygen atoms in total. The van der Waals surface area contributed by atoms with E-state index in [0.29, 0.717) is 31.5 Å². The quantitative estimate of drug-likeness (QED) is 0.384. The lowest BCUT2D eigenvalue weighted by atomic mass is 10.0. The SMILES string of the molecule is COc1ccccc1CN.NCCC[C@H](N)C(=O)O.O=Cc1ccc(-c2ccccc2)cc1. The molecule has 3 rings (SSSR count). The molecule has 3 aromatic carbocycles. The Morgan fingerprint density at radius 1 is 0.939 bits per heavy atom. The molecule has 176 valence electrons. The first kappa shape index (κ1) is 27.5. The molecule has 0 spiro atoms. The molecule has 0 aliphatic rings. The minimum absolute atomic E-state index is 0.464. The number of para-hydroxylation sites is 1. The third kappa shape index (κ3) is 10.6. The molecule has 33 heavy (non-hydrogen) atoms. The van der Waals surface area contributed by atoms with E-state index in [2.05, 4.69) is 12.1 Å². The Hall–Kier alpha value is -3.52. The third-order valence-electron chi connectivity index (χ3n) is 4.60. The van der Waals surface area contributed by atoms with Crippen LogP contribution in [0.15, 0.2) is 78.9 Å². The molecule has 0 saturated carbocycles. The molecule has 0 amide bonds. The molecule has 0 aliphatic heterocycles. The van der Waals surface area contributed by atoms with E-state index < -0.39 is 12.0 Å². The van der Waals surface area contributed by atoms with Gasteiger partial charge in [-0.2, -0.15) is 0 Å². The normalized spacial score (nSPS) is 10.5. The first-order chi connectivity index (χ1) is 16.0. The zero-order valence-electron chi connectivity index (χ0n) is 18.9. The van der Waals surface area contributed by atoms with Gasteiger partial charge in [0.25, 0.3) is 0 Å². The van der Waals surface area contributed by atoms with Gasteiger partial charge in [-0.25, -0.2) is 0 Å². The molecular formula is C26H33N3O4. The van der Waals surface area contributed by atoms with Crippen LogP contribution in [0.3, 0.4) is 0 Å². The Kier molecular flexibility index (Phi) is 13.5. The summed E-state index contributed by atoms with van der Waals surface area (Å²) in [4.78, 5) is 20.5. The fourth-order valence-corrected chi connectivity index (χ4v) is 2.72. The average Bonchev–Trinajstić information content (AvgIpc) is 2.88. The summed E-state index contributed by atoms with van der Waals surface area (Å²) >= 11 is 0. The van der Waals surface area contributed by atoms with E-state index in [-0.39, 0.29) is 0 Å². The number of hydrogen-bond acceptors (Lipinski definition) is 6. The molecule has 0 heterocycles. The van der Waals surface area contributed by atoms with Crippen molar-refractivity contribution in [3.8, 4) is 16.9 Å². The van der Waals surface area contributed by atoms with Crippen molar-refractivity contribution in [3.05, 3.63) is 90.0 Å². The summed E-state index contributed by atoms with van der Waals surface area (Å²) < 4.78 is 5.06. The van der Waals surface area contributed by atoms with Crippen LogP contribution in [-0.2, 0) is 11.3 Å². The van der Waals surface area contributed by atoms with Crippen molar-refractivity contribution in [1.29, 1.82) is 0 Å². The van der Waals surface area contributed by atoms with Gasteiger partial charge in [0.2, 0.25) is 0 Å². The van der Waals surface area contributed by atoms with Crippen LogP contribution in [0.25, 0.3) is 11.1 Å². The first-order valence-corrected chi connectivity index (χ1v) is 10.6. The van der Waals surface area contributed by atoms with E-state index in [1.807, 2.05) is 66.7 Å². The molecule has 3 aromatic rings. The van der Waals surface area contributed by atoms with Gasteiger partial charge in [-0.15, -0.1) is 0 Å². The van der Waals surface area contributed by atoms with Crippen molar-refractivity contribution in [2.45, 2.75) is 25.4 Å². The molecule has 7 N–H and O–H groups in total. The monoisotopic (exact) mass is 451 g/mol. The number of aliphatic carboxylic acids is 1. The maximum absolute atomic E-state index is 10.5. The van der Waals surface area contributed by atoms with Gasteiger partial charge in [-0.05, 0) is 36.6 Å². The van der Waals surface area contributed by atoms with E-state index >= 15 is 0 Å². The summed E-state index contributed by atoms with van der Waals surface area (Å²) in [7, 11) is 1.65. The summed E-state index contributed by atoms with van der Waals surface area (Å²) in [6.45, 7) is 1.03. The van der Waals surface area contributed by atoms with E-state index in [0.717, 1.165) is 23.2 Å². The van der Waals surface area contributed by atoms with Crippen LogP contribution in [0.2, 0.25) is 0 Å². The molecule has 1 atom stereocenters. The lowest BCUT2D eigenvalue weighted by Gasteiger charge is -2.03. The third-order valence-corrected chi connectivity index (χ3v) is 4.60. The van der Waals surface area contributed by atoms with Crippen LogP contribution in [-0.4, -0.2) is 37.1 Å². The maximum atomic E-state index is 10.5. The van der Waals surface area contributed by atoms with Crippen molar-refractivity contribution in [2.24, 2.45) is 17.2 Å². The summed E-state index contributed by atoms with van der Waals surface area (Å²) in [6, 6.07) is 24.7. The van der Waals surface area contributed by atoms with Crippen LogP contribution in [0.4, 0.5) is 0 Å². The van der Waals surface area contributed by atoms with E-state index in [9.17, 15) is 9.59 Å². The highest BCUT2D eigenvalue weighted by molar-refractivity contribution is 5.76. The van der Waals surface area contributed by atoms with Crippen molar-refractivity contribution in [2.75, 3.05) is 13.7 Å². The summed E-state index contributed by atoms with van der Waals surface area (Å²) in [5, 5.41) is 8.24. The summed E-state index contributed by atoms with van der Waals surface area (Å²) in [6.07, 6.45) is 1.99. The van der Waals surface area contributed by atoms with Crippen molar-refractivity contribution < 1.29 is 19.4 Å². The largest absolute Gasteiger partial charge is 0.496 e. The second kappa shape index (κ2) is 16.2. The van der Waals surface area contributed by atoms with Gasteiger partial charge in [-0.1, -0.05) is 72.8 Å². The molecule has 0 fully saturated rings. The second-order valence-electron chi connectivity index (χ2n) is 7.00. The van der Waals surface area contributed by atoms with E-state index in [4.69, 9.17) is 27.0 Å². The number of benzene rings is 3. The fourth-order valence-electron chi connectivity index (χ4n) is 2.72. The van der Waals surface area contributed by atoms with Gasteiger partial charge in [0, 0.05) is 17.7 Å². The second-order valence-corrected chi connectivity index (χ2v) is 7.00. The number of methoxy groups -OCH3 is 1. The highest BCUT2D eigenvalue weighted by Crippen LogP contribution is 2.18. The molecule has 0 radical (unpaired) electrons. The standard InChI is InChI=1S/C13H10O.C8H11NO.C5H12N2O2/c14-10-11-6-8-13(9-7-11)12-4-2-1-3-5-12;1-10-8-5-3-2-4-7(8)6-9;6-3-1-2-4(7)5(8)9/h1-10H;2-5H,6,9H2,1H3;4H,1-3,6-7H2,(H,8,9)/t;;4-/m..0/s1. The number of ether oxygens (including phenoxy) is 1. The van der Waals surface area contributed by atoms with Crippen LogP contribution in [0, 0.1) is 0 Å². The Morgan fingerprint density at radius 3 is 2.00 bits per heavy atom. The van der Waals surface area contributed by atoms with Gasteiger partial charge in [-0.3, -0.25) is 9.59 Å². The zero-order valence-corrected chi connectivity index (χ0v) is 18.9. The Morgan fingerprint density at radius 2 is 1.52 bits per heavy atom. The summed E-state index contributed by atoms with van der Waals surface area (Å²) in [5.74, 6) is -0.0894. The number of carboxylic acid groups (broad SMARTS) is 1. The van der Waals surface area contributed by atoms with Gasteiger partial charge in [0.15, 0.2) is 0 Å². The number of carbonyl (C=O) groups is 2. The first-order valence-electron chi connectivity index (χ1n) is 10.6. The Labute approximate surface area is 195 Å². The lowest BCUT2D eigenvalue weighted by molar-refractivity contribution is -0.138. The molecule has 0 unspecified atom stereocenters. The Balaban J connectivity index is 0.000000257. The molecular weight excluding hydrogens is 418 g/mol. The van der Waals surface area contributed by atoms with Crippen molar-refractivity contribution in [1.82, 2.24) is 0 Å². The number of carboxylic acids is 1. The highest BCUT2D eigenvalue weighted by atomic mass is 16.5. The smallest absolute Gasteiger partial charge is 0.320 e. The van der Waals surface area contributed by atoms with Gasteiger partial charge >= 0.3 is 5.97 Å². The predicted molar refractivity (Wildman–Crippen MR) is 132 cm³/mol. The predicted octanol–water partition coefficient (Wildman–Crippen LogP) is 3.46. The summed E-state index contributed by atoms with van der Waals surface area (Å²) in [5.41, 5.74) is 19.8. The highest BCUT2D eigenvalue weighted by Gasteiger charge is 2.08. The van der Waals surface area contributed by atoms with Crippen LogP contribution >= 0.6 is 0 Å². The Bertz CT molecular complexity index is 924. The average molecular weight is 452 g/mol. The fraction of sp³-hybridized carbons (Fsp3) is 0.231. The minimum atomic E-state index is -0.955. The zero-order chi connectivity index (χ0) is 24.5. The maximum Gasteiger partial charge on any atom is 0.320 e. The number of carbonyl (C=O) groups excluding carboxylic acids is 1. The topological polar surface area (TPSA) is 142 Å². The minimum Gasteiger partial charge on any atom is -0.496 e. The van der Waals surface area contributed by atoms with Gasteiger partial charge in [0.1, 0.15) is 18.1 Å². The number of hydrogen-bond donors (Lipinski definition) is 4. The van der Waals surface area contributed by atoms with Crippen molar-refractivity contribution >= 4 is 12.3 Å². The van der Waals surface area contributed by atoms with E-state index in [1.54, 1.807) is 7.11 Å². The number of aldehydes is 1. The van der Waals surface area contributed by atoms with E-state index in [1.165, 1.54) is 5.56 Å². The van der Waals surface area contributed by atoms with Gasteiger partial charge in [0.05, 0.1) is 7.11 Å². The molecule has 0 aromatic heterocycles. The van der Waals surface area contributed by atoms with Crippen LogP contribution in [0.5, 0.6) is 5.75 Å². The van der Waals surface area contributed by atoms with Gasteiger partial charge < -0.3 is 27.0 Å². The van der Waals surface area contributed by atoms with Crippen LogP contribution < -0.4 is 21.9 Å².